The van der Waals surface area contributed by atoms with Crippen molar-refractivity contribution >= 4 is 23.4 Å². The Morgan fingerprint density at radius 3 is 2.73 bits per heavy atom. The van der Waals surface area contributed by atoms with E-state index in [-0.39, 0.29) is 17.3 Å². The molecule has 2 aliphatic rings. The summed E-state index contributed by atoms with van der Waals surface area (Å²) < 4.78 is 11.5. The van der Waals surface area contributed by atoms with Gasteiger partial charge in [-0.05, 0) is 42.3 Å². The zero-order chi connectivity index (χ0) is 22.9. The summed E-state index contributed by atoms with van der Waals surface area (Å²) in [5.74, 6) is -0.978. The number of ether oxygens (including phenoxy) is 2. The molecule has 9 heteroatoms. The Kier molecular flexibility index (Phi) is 5.18. The van der Waals surface area contributed by atoms with Crippen molar-refractivity contribution in [1.82, 2.24) is 9.97 Å². The van der Waals surface area contributed by atoms with E-state index in [9.17, 15) is 14.9 Å². The fraction of sp³-hybridized carbons (Fsp3) is 0.250. The highest BCUT2D eigenvalue weighted by atomic mass is 16.5. The minimum Gasteiger partial charge on any atom is -0.490 e. The van der Waals surface area contributed by atoms with E-state index in [1.165, 1.54) is 0 Å². The standard InChI is InChI=1S/C24H21N5O4/c1-13-4-2-5-15(10-13)26-24-28-21-20(23(31)29-24)19(16(12-25)22(30)27-21)14-6-7-17-18(11-14)33-9-3-8-32-17/h2,4-7,10-11,16,19H,3,8-9H2,1H3,(H3,26,27,28,29,30,31). The van der Waals surface area contributed by atoms with Crippen LogP contribution >= 0.6 is 0 Å². The van der Waals surface area contributed by atoms with Crippen molar-refractivity contribution < 1.29 is 14.3 Å². The van der Waals surface area contributed by atoms with Gasteiger partial charge in [0, 0.05) is 18.0 Å². The van der Waals surface area contributed by atoms with Crippen molar-refractivity contribution in [1.29, 1.82) is 5.26 Å². The van der Waals surface area contributed by atoms with Crippen LogP contribution in [0.3, 0.4) is 0 Å². The molecule has 166 valence electrons. The normalized spacial score (nSPS) is 19.0. The monoisotopic (exact) mass is 443 g/mol. The highest BCUT2D eigenvalue weighted by Crippen LogP contribution is 2.41. The van der Waals surface area contributed by atoms with Crippen LogP contribution in [0.25, 0.3) is 0 Å². The number of aryl methyl sites for hydroxylation is 1. The first-order chi connectivity index (χ1) is 16.0. The highest BCUT2D eigenvalue weighted by Gasteiger charge is 2.40. The summed E-state index contributed by atoms with van der Waals surface area (Å²) in [5, 5.41) is 15.4. The first kappa shape index (κ1) is 20.6. The van der Waals surface area contributed by atoms with Crippen LogP contribution in [0, 0.1) is 24.2 Å². The lowest BCUT2D eigenvalue weighted by molar-refractivity contribution is -0.119. The Labute approximate surface area is 189 Å². The third-order valence-corrected chi connectivity index (χ3v) is 5.67. The zero-order valence-electron chi connectivity index (χ0n) is 17.8. The summed E-state index contributed by atoms with van der Waals surface area (Å²) >= 11 is 0. The molecule has 0 saturated heterocycles. The van der Waals surface area contributed by atoms with Gasteiger partial charge in [0.25, 0.3) is 5.56 Å². The molecule has 0 spiro atoms. The van der Waals surface area contributed by atoms with Gasteiger partial charge in [0.2, 0.25) is 11.9 Å². The van der Waals surface area contributed by atoms with Crippen molar-refractivity contribution in [2.45, 2.75) is 19.3 Å². The number of H-pyrrole nitrogens is 1. The summed E-state index contributed by atoms with van der Waals surface area (Å²) in [6.07, 6.45) is 0.750. The van der Waals surface area contributed by atoms with E-state index in [0.29, 0.717) is 30.3 Å². The molecule has 2 unspecified atom stereocenters. The number of fused-ring (bicyclic) bond motifs is 2. The Morgan fingerprint density at radius 1 is 1.12 bits per heavy atom. The molecule has 0 aliphatic carbocycles. The first-order valence-corrected chi connectivity index (χ1v) is 10.6. The van der Waals surface area contributed by atoms with E-state index >= 15 is 0 Å². The van der Waals surface area contributed by atoms with Gasteiger partial charge in [-0.1, -0.05) is 18.2 Å². The van der Waals surface area contributed by atoms with Crippen LogP contribution in [0.15, 0.2) is 47.3 Å². The number of nitriles is 1. The van der Waals surface area contributed by atoms with E-state index in [2.05, 4.69) is 20.6 Å². The Morgan fingerprint density at radius 2 is 1.94 bits per heavy atom. The predicted octanol–water partition coefficient (Wildman–Crippen LogP) is 3.21. The molecule has 0 saturated carbocycles. The van der Waals surface area contributed by atoms with Crippen LogP contribution in [0.2, 0.25) is 0 Å². The molecule has 3 heterocycles. The molecule has 2 aromatic carbocycles. The van der Waals surface area contributed by atoms with Crippen molar-refractivity contribution in [2.75, 3.05) is 23.8 Å². The second-order valence-corrected chi connectivity index (χ2v) is 8.00. The molecule has 3 aromatic rings. The van der Waals surface area contributed by atoms with Crippen molar-refractivity contribution in [3.8, 4) is 17.6 Å². The zero-order valence-corrected chi connectivity index (χ0v) is 17.8. The summed E-state index contributed by atoms with van der Waals surface area (Å²) in [6.45, 7) is 2.99. The quantitative estimate of drug-likeness (QED) is 0.567. The van der Waals surface area contributed by atoms with Crippen LogP contribution in [0.4, 0.5) is 17.5 Å². The fourth-order valence-corrected chi connectivity index (χ4v) is 4.16. The lowest BCUT2D eigenvalue weighted by Crippen LogP contribution is -2.38. The number of aromatic amines is 1. The molecule has 9 nitrogen and oxygen atoms in total. The van der Waals surface area contributed by atoms with Gasteiger partial charge in [0.05, 0.1) is 24.8 Å². The van der Waals surface area contributed by atoms with Crippen molar-refractivity contribution in [3.63, 3.8) is 0 Å². The maximum Gasteiger partial charge on any atom is 0.258 e. The van der Waals surface area contributed by atoms with Crippen LogP contribution in [0.1, 0.15) is 29.0 Å². The number of hydrogen-bond acceptors (Lipinski definition) is 7. The SMILES string of the molecule is Cc1cccc(Nc2nc3c(c(=O)[nH]2)C(c2ccc4c(c2)OCCCO4)C(C#N)C(=O)N3)c1. The number of nitrogens with zero attached hydrogens (tertiary/aromatic N) is 2. The second-order valence-electron chi connectivity index (χ2n) is 8.00. The number of amides is 1. The predicted molar refractivity (Wildman–Crippen MR) is 121 cm³/mol. The number of hydrogen-bond donors (Lipinski definition) is 3. The molecule has 3 N–H and O–H groups in total. The Hall–Kier alpha value is -4.32. The van der Waals surface area contributed by atoms with Gasteiger partial charge in [-0.15, -0.1) is 0 Å². The average molecular weight is 443 g/mol. The summed E-state index contributed by atoms with van der Waals surface area (Å²) in [5.41, 5.74) is 2.18. The van der Waals surface area contributed by atoms with E-state index in [4.69, 9.17) is 9.47 Å². The second kappa shape index (κ2) is 8.31. The molecule has 2 atom stereocenters. The number of carbonyl (C=O) groups excluding carboxylic acids is 1. The number of nitrogens with one attached hydrogen (secondary N) is 3. The molecule has 1 aromatic heterocycles. The topological polar surface area (TPSA) is 129 Å². The van der Waals surface area contributed by atoms with Gasteiger partial charge in [0.15, 0.2) is 11.5 Å². The van der Waals surface area contributed by atoms with E-state index in [1.54, 1.807) is 18.2 Å². The van der Waals surface area contributed by atoms with Crippen molar-refractivity contribution in [2.24, 2.45) is 5.92 Å². The first-order valence-electron chi connectivity index (χ1n) is 10.6. The smallest absolute Gasteiger partial charge is 0.258 e. The van der Waals surface area contributed by atoms with Crippen LogP contribution in [-0.2, 0) is 4.79 Å². The summed E-state index contributed by atoms with van der Waals surface area (Å²) in [4.78, 5) is 33.1. The van der Waals surface area contributed by atoms with Crippen molar-refractivity contribution in [3.05, 3.63) is 69.5 Å². The van der Waals surface area contributed by atoms with Gasteiger partial charge in [0.1, 0.15) is 11.7 Å². The molecule has 1 amide bonds. The maximum atomic E-state index is 13.2. The number of benzene rings is 2. The number of anilines is 3. The van der Waals surface area contributed by atoms with Gasteiger partial charge < -0.3 is 20.1 Å². The third kappa shape index (κ3) is 3.87. The molecular weight excluding hydrogens is 422 g/mol. The van der Waals surface area contributed by atoms with E-state index < -0.39 is 23.3 Å². The molecule has 0 radical (unpaired) electrons. The lowest BCUT2D eigenvalue weighted by atomic mass is 9.79. The molecular formula is C24H21N5O4. The van der Waals surface area contributed by atoms with Gasteiger partial charge >= 0.3 is 0 Å². The fourth-order valence-electron chi connectivity index (χ4n) is 4.16. The highest BCUT2D eigenvalue weighted by molar-refractivity contribution is 5.98. The van der Waals surface area contributed by atoms with Crippen LogP contribution in [0.5, 0.6) is 11.5 Å². The lowest BCUT2D eigenvalue weighted by Gasteiger charge is -2.28. The molecule has 2 aliphatic heterocycles. The number of aromatic nitrogens is 2. The van der Waals surface area contributed by atoms with Crippen LogP contribution < -0.4 is 25.7 Å². The van der Waals surface area contributed by atoms with Gasteiger partial charge in [-0.25, -0.2) is 0 Å². The summed E-state index contributed by atoms with van der Waals surface area (Å²) in [6, 6.07) is 14.9. The molecule has 0 fully saturated rings. The Bertz CT molecular complexity index is 1340. The summed E-state index contributed by atoms with van der Waals surface area (Å²) in [7, 11) is 0. The third-order valence-electron chi connectivity index (χ3n) is 5.67. The number of carbonyl (C=O) groups is 1. The van der Waals surface area contributed by atoms with E-state index in [1.807, 2.05) is 37.3 Å². The van der Waals surface area contributed by atoms with E-state index in [0.717, 1.165) is 17.7 Å². The average Bonchev–Trinajstić information content (AvgIpc) is 3.03. The van der Waals surface area contributed by atoms with Gasteiger partial charge in [-0.2, -0.15) is 10.2 Å². The Balaban J connectivity index is 1.59. The molecule has 0 bridgehead atoms. The molecule has 5 rings (SSSR count). The maximum absolute atomic E-state index is 13.2. The molecule has 33 heavy (non-hydrogen) atoms. The van der Waals surface area contributed by atoms with Gasteiger partial charge in [-0.3, -0.25) is 14.6 Å². The minimum absolute atomic E-state index is 0.127. The number of rotatable bonds is 3. The van der Waals surface area contributed by atoms with Crippen LogP contribution in [-0.4, -0.2) is 29.1 Å². The minimum atomic E-state index is -1.10. The largest absolute Gasteiger partial charge is 0.490 e.